The van der Waals surface area contributed by atoms with E-state index in [9.17, 15) is 4.39 Å². The van der Waals surface area contributed by atoms with Gasteiger partial charge in [0.25, 0.3) is 0 Å². The molecule has 1 aromatic heterocycles. The van der Waals surface area contributed by atoms with E-state index in [2.05, 4.69) is 15.6 Å². The number of anilines is 1. The third-order valence-corrected chi connectivity index (χ3v) is 2.83. The molecule has 2 rings (SSSR count). The molecule has 0 aliphatic rings. The van der Waals surface area contributed by atoms with E-state index >= 15 is 0 Å². The molecule has 0 atom stereocenters. The van der Waals surface area contributed by atoms with Gasteiger partial charge in [0.1, 0.15) is 5.82 Å². The SMILES string of the molecule is Fc1ccc(NC(=S)NCCc2cc[nH+]cc2)cc1. The van der Waals surface area contributed by atoms with Crippen molar-refractivity contribution in [3.63, 3.8) is 0 Å². The first-order valence-electron chi connectivity index (χ1n) is 5.99. The Kier molecular flexibility index (Phi) is 4.80. The molecule has 19 heavy (non-hydrogen) atoms. The first-order valence-corrected chi connectivity index (χ1v) is 6.40. The smallest absolute Gasteiger partial charge is 0.170 e. The van der Waals surface area contributed by atoms with Crippen molar-refractivity contribution >= 4 is 23.0 Å². The quantitative estimate of drug-likeness (QED) is 0.841. The summed E-state index contributed by atoms with van der Waals surface area (Å²) in [6.07, 6.45) is 4.68. The molecule has 0 radical (unpaired) electrons. The summed E-state index contributed by atoms with van der Waals surface area (Å²) < 4.78 is 12.7. The van der Waals surface area contributed by atoms with Crippen LogP contribution in [0, 0.1) is 5.82 Å². The van der Waals surface area contributed by atoms with Gasteiger partial charge in [-0.25, -0.2) is 9.37 Å². The molecule has 98 valence electrons. The number of aromatic nitrogens is 1. The molecule has 5 heteroatoms. The Bertz CT molecular complexity index is 528. The van der Waals surface area contributed by atoms with Gasteiger partial charge < -0.3 is 10.6 Å². The molecule has 0 fully saturated rings. The highest BCUT2D eigenvalue weighted by Gasteiger charge is 1.98. The van der Waals surface area contributed by atoms with E-state index < -0.39 is 0 Å². The minimum atomic E-state index is -0.259. The van der Waals surface area contributed by atoms with Gasteiger partial charge in [0.15, 0.2) is 17.5 Å². The molecule has 0 aliphatic heterocycles. The molecular formula is C14H15FN3S+. The summed E-state index contributed by atoms with van der Waals surface area (Å²) in [5, 5.41) is 6.65. The van der Waals surface area contributed by atoms with Crippen LogP contribution in [0.3, 0.4) is 0 Å². The minimum Gasteiger partial charge on any atom is -0.362 e. The van der Waals surface area contributed by atoms with Gasteiger partial charge in [0.2, 0.25) is 0 Å². The molecule has 3 N–H and O–H groups in total. The Morgan fingerprint density at radius 3 is 2.47 bits per heavy atom. The predicted molar refractivity (Wildman–Crippen MR) is 77.3 cm³/mol. The molecule has 0 aliphatic carbocycles. The number of H-pyrrole nitrogens is 1. The third kappa shape index (κ3) is 4.63. The van der Waals surface area contributed by atoms with E-state index in [0.29, 0.717) is 5.11 Å². The first kappa shape index (κ1) is 13.4. The lowest BCUT2D eigenvalue weighted by Gasteiger charge is -2.10. The highest BCUT2D eigenvalue weighted by Crippen LogP contribution is 2.07. The fourth-order valence-corrected chi connectivity index (χ4v) is 1.84. The zero-order valence-corrected chi connectivity index (χ0v) is 11.1. The van der Waals surface area contributed by atoms with Gasteiger partial charge in [-0.3, -0.25) is 0 Å². The number of benzene rings is 1. The Balaban J connectivity index is 1.74. The van der Waals surface area contributed by atoms with Crippen molar-refractivity contribution in [1.82, 2.24) is 5.32 Å². The van der Waals surface area contributed by atoms with Crippen LogP contribution in [0.15, 0.2) is 48.8 Å². The van der Waals surface area contributed by atoms with E-state index in [0.717, 1.165) is 18.7 Å². The number of aromatic amines is 1. The fraction of sp³-hybridized carbons (Fsp3) is 0.143. The molecule has 1 heterocycles. The van der Waals surface area contributed by atoms with Crippen molar-refractivity contribution in [1.29, 1.82) is 0 Å². The Hall–Kier alpha value is -2.01. The van der Waals surface area contributed by atoms with E-state index in [-0.39, 0.29) is 5.82 Å². The molecule has 0 spiro atoms. The number of nitrogens with one attached hydrogen (secondary N) is 3. The third-order valence-electron chi connectivity index (χ3n) is 2.59. The van der Waals surface area contributed by atoms with E-state index in [1.807, 2.05) is 24.5 Å². The zero-order valence-electron chi connectivity index (χ0n) is 10.3. The van der Waals surface area contributed by atoms with Crippen LogP contribution in [0.25, 0.3) is 0 Å². The van der Waals surface area contributed by atoms with Crippen LogP contribution in [0.4, 0.5) is 10.1 Å². The highest BCUT2D eigenvalue weighted by atomic mass is 32.1. The summed E-state index contributed by atoms with van der Waals surface area (Å²) in [5.74, 6) is -0.259. The number of halogens is 1. The van der Waals surface area contributed by atoms with Crippen molar-refractivity contribution in [2.75, 3.05) is 11.9 Å². The molecule has 3 nitrogen and oxygen atoms in total. The average molecular weight is 276 g/mol. The first-order chi connectivity index (χ1) is 9.24. The standard InChI is InChI=1S/C14H14FN3S/c15-12-1-3-13(4-2-12)18-14(19)17-10-7-11-5-8-16-9-6-11/h1-6,8-9H,7,10H2,(H2,17,18,19)/p+1. The lowest BCUT2D eigenvalue weighted by Crippen LogP contribution is -2.30. The van der Waals surface area contributed by atoms with Gasteiger partial charge in [0.05, 0.1) is 0 Å². The van der Waals surface area contributed by atoms with E-state index in [4.69, 9.17) is 12.2 Å². The monoisotopic (exact) mass is 276 g/mol. The molecule has 0 unspecified atom stereocenters. The largest absolute Gasteiger partial charge is 0.362 e. The number of thiocarbonyl (C=S) groups is 1. The zero-order chi connectivity index (χ0) is 13.5. The number of pyridine rings is 1. The second-order valence-electron chi connectivity index (χ2n) is 4.05. The van der Waals surface area contributed by atoms with Gasteiger partial charge in [-0.15, -0.1) is 0 Å². The molecule has 0 amide bonds. The minimum absolute atomic E-state index is 0.259. The summed E-state index contributed by atoms with van der Waals surface area (Å²) >= 11 is 5.16. The van der Waals surface area contributed by atoms with Crippen molar-refractivity contribution < 1.29 is 9.37 Å². The molecule has 0 saturated heterocycles. The maximum Gasteiger partial charge on any atom is 0.170 e. The lowest BCUT2D eigenvalue weighted by molar-refractivity contribution is -0.378. The summed E-state index contributed by atoms with van der Waals surface area (Å²) in [6, 6.07) is 10.1. The van der Waals surface area contributed by atoms with E-state index in [1.165, 1.54) is 17.7 Å². The van der Waals surface area contributed by atoms with Crippen molar-refractivity contribution in [2.45, 2.75) is 6.42 Å². The van der Waals surface area contributed by atoms with E-state index in [1.54, 1.807) is 12.1 Å². The number of hydrogen-bond acceptors (Lipinski definition) is 1. The maximum absolute atomic E-state index is 12.7. The van der Waals surface area contributed by atoms with Crippen molar-refractivity contribution in [3.8, 4) is 0 Å². The van der Waals surface area contributed by atoms with Gasteiger partial charge in [-0.2, -0.15) is 0 Å². The topological polar surface area (TPSA) is 38.2 Å². The second kappa shape index (κ2) is 6.80. The van der Waals surface area contributed by atoms with Gasteiger partial charge in [0, 0.05) is 24.4 Å². The Morgan fingerprint density at radius 1 is 1.11 bits per heavy atom. The van der Waals surface area contributed by atoms with Gasteiger partial charge in [-0.1, -0.05) is 0 Å². The van der Waals surface area contributed by atoms with Crippen LogP contribution in [-0.2, 0) is 6.42 Å². The molecule has 0 saturated carbocycles. The van der Waals surface area contributed by atoms with Crippen LogP contribution >= 0.6 is 12.2 Å². The summed E-state index contributed by atoms with van der Waals surface area (Å²) in [7, 11) is 0. The highest BCUT2D eigenvalue weighted by molar-refractivity contribution is 7.80. The molecule has 1 aromatic carbocycles. The fourth-order valence-electron chi connectivity index (χ4n) is 1.62. The number of rotatable bonds is 4. The van der Waals surface area contributed by atoms with Crippen LogP contribution in [0.5, 0.6) is 0 Å². The maximum atomic E-state index is 12.7. The lowest BCUT2D eigenvalue weighted by atomic mass is 10.2. The van der Waals surface area contributed by atoms with Crippen molar-refractivity contribution in [3.05, 3.63) is 60.2 Å². The van der Waals surface area contributed by atoms with Crippen molar-refractivity contribution in [2.24, 2.45) is 0 Å². The number of hydrogen-bond donors (Lipinski definition) is 2. The molecule has 0 bridgehead atoms. The molecular weight excluding hydrogens is 261 g/mol. The predicted octanol–water partition coefficient (Wildman–Crippen LogP) is 2.17. The average Bonchev–Trinajstić information content (AvgIpc) is 2.43. The Labute approximate surface area is 116 Å². The van der Waals surface area contributed by atoms with Gasteiger partial charge >= 0.3 is 0 Å². The summed E-state index contributed by atoms with van der Waals surface area (Å²) in [6.45, 7) is 0.747. The van der Waals surface area contributed by atoms with Crippen LogP contribution in [-0.4, -0.2) is 11.7 Å². The van der Waals surface area contributed by atoms with Crippen LogP contribution in [0.1, 0.15) is 5.56 Å². The van der Waals surface area contributed by atoms with Gasteiger partial charge in [-0.05, 0) is 48.5 Å². The second-order valence-corrected chi connectivity index (χ2v) is 4.45. The Morgan fingerprint density at radius 2 is 1.79 bits per heavy atom. The normalized spacial score (nSPS) is 9.95. The summed E-state index contributed by atoms with van der Waals surface area (Å²) in [5.41, 5.74) is 2.00. The molecule has 2 aromatic rings. The van der Waals surface area contributed by atoms with Crippen LogP contribution < -0.4 is 15.6 Å². The van der Waals surface area contributed by atoms with Crippen LogP contribution in [0.2, 0.25) is 0 Å². The summed E-state index contributed by atoms with van der Waals surface area (Å²) in [4.78, 5) is 2.98.